The number of amides is 2. The molecule has 0 aromatic heterocycles. The van der Waals surface area contributed by atoms with Crippen molar-refractivity contribution in [1.29, 1.82) is 0 Å². The van der Waals surface area contributed by atoms with Gasteiger partial charge in [0.25, 0.3) is 5.91 Å². The Morgan fingerprint density at radius 3 is 2.52 bits per heavy atom. The van der Waals surface area contributed by atoms with Gasteiger partial charge in [-0.15, -0.1) is 12.4 Å². The summed E-state index contributed by atoms with van der Waals surface area (Å²) in [5, 5.41) is 2.78. The molecule has 0 aliphatic heterocycles. The van der Waals surface area contributed by atoms with Crippen LogP contribution in [0.4, 0.5) is 5.69 Å². The smallest absolute Gasteiger partial charge is 0.255 e. The van der Waals surface area contributed by atoms with Gasteiger partial charge in [0.1, 0.15) is 0 Å². The summed E-state index contributed by atoms with van der Waals surface area (Å²) in [5.41, 5.74) is 6.50. The van der Waals surface area contributed by atoms with Crippen molar-refractivity contribution in [2.45, 2.75) is 44.6 Å². The second-order valence-corrected chi connectivity index (χ2v) is 5.84. The summed E-state index contributed by atoms with van der Waals surface area (Å²) in [6, 6.07) is 7.46. The Bertz CT molecular complexity index is 530. The van der Waals surface area contributed by atoms with E-state index < -0.39 is 0 Å². The molecule has 2 amide bonds. The van der Waals surface area contributed by atoms with Crippen LogP contribution >= 0.6 is 12.4 Å². The number of benzene rings is 1. The molecule has 0 unspecified atom stereocenters. The Morgan fingerprint density at radius 2 is 1.87 bits per heavy atom. The van der Waals surface area contributed by atoms with Crippen molar-refractivity contribution in [2.75, 3.05) is 18.9 Å². The fraction of sp³-hybridized carbons (Fsp3) is 0.529. The van der Waals surface area contributed by atoms with E-state index in [1.165, 1.54) is 19.3 Å². The van der Waals surface area contributed by atoms with Gasteiger partial charge in [-0.05, 0) is 25.0 Å². The van der Waals surface area contributed by atoms with E-state index >= 15 is 0 Å². The fourth-order valence-corrected chi connectivity index (χ4v) is 2.95. The minimum Gasteiger partial charge on any atom is -0.339 e. The summed E-state index contributed by atoms with van der Waals surface area (Å²) in [5.74, 6) is -0.196. The molecule has 0 bridgehead atoms. The minimum atomic E-state index is -0.164. The average molecular weight is 340 g/mol. The van der Waals surface area contributed by atoms with Gasteiger partial charge in [-0.1, -0.05) is 31.4 Å². The molecule has 23 heavy (non-hydrogen) atoms. The number of carbonyl (C=O) groups is 2. The van der Waals surface area contributed by atoms with Crippen LogP contribution in [0.3, 0.4) is 0 Å². The Labute approximate surface area is 144 Å². The van der Waals surface area contributed by atoms with Crippen LogP contribution in [0.15, 0.2) is 24.3 Å². The van der Waals surface area contributed by atoms with E-state index in [9.17, 15) is 9.59 Å². The SMILES string of the molecule is CN(C(=O)c1ccccc1NC(=O)CCN)C1CCCCC1.Cl. The quantitative estimate of drug-likeness (QED) is 0.866. The van der Waals surface area contributed by atoms with E-state index in [-0.39, 0.29) is 30.6 Å². The van der Waals surface area contributed by atoms with Gasteiger partial charge in [0.2, 0.25) is 5.91 Å². The number of hydrogen-bond donors (Lipinski definition) is 2. The van der Waals surface area contributed by atoms with Crippen molar-refractivity contribution in [3.05, 3.63) is 29.8 Å². The van der Waals surface area contributed by atoms with Gasteiger partial charge in [-0.25, -0.2) is 0 Å². The topological polar surface area (TPSA) is 75.4 Å². The van der Waals surface area contributed by atoms with Gasteiger partial charge in [-0.2, -0.15) is 0 Å². The molecule has 128 valence electrons. The number of para-hydroxylation sites is 1. The summed E-state index contributed by atoms with van der Waals surface area (Å²) in [6.45, 7) is 0.296. The normalized spacial score (nSPS) is 14.7. The van der Waals surface area contributed by atoms with E-state index in [1.807, 2.05) is 24.1 Å². The summed E-state index contributed by atoms with van der Waals surface area (Å²) in [4.78, 5) is 26.3. The second-order valence-electron chi connectivity index (χ2n) is 5.84. The molecule has 0 saturated heterocycles. The maximum atomic E-state index is 12.8. The average Bonchev–Trinajstić information content (AvgIpc) is 2.55. The van der Waals surface area contributed by atoms with Crippen molar-refractivity contribution in [3.63, 3.8) is 0 Å². The van der Waals surface area contributed by atoms with Crippen LogP contribution in [0.25, 0.3) is 0 Å². The van der Waals surface area contributed by atoms with Gasteiger partial charge >= 0.3 is 0 Å². The molecular formula is C17H26ClN3O2. The van der Waals surface area contributed by atoms with Crippen molar-refractivity contribution in [2.24, 2.45) is 5.73 Å². The molecule has 0 heterocycles. The third kappa shape index (κ3) is 5.22. The van der Waals surface area contributed by atoms with Crippen LogP contribution in [0.1, 0.15) is 48.9 Å². The lowest BCUT2D eigenvalue weighted by molar-refractivity contribution is -0.116. The number of halogens is 1. The van der Waals surface area contributed by atoms with Gasteiger partial charge in [0.05, 0.1) is 11.3 Å². The predicted molar refractivity (Wildman–Crippen MR) is 95.0 cm³/mol. The monoisotopic (exact) mass is 339 g/mol. The molecule has 1 aliphatic carbocycles. The summed E-state index contributed by atoms with van der Waals surface area (Å²) in [6.07, 6.45) is 5.98. The van der Waals surface area contributed by atoms with Gasteiger partial charge in [-0.3, -0.25) is 9.59 Å². The Kier molecular flexibility index (Phi) is 8.06. The number of hydrogen-bond acceptors (Lipinski definition) is 3. The number of anilines is 1. The molecule has 1 aromatic rings. The highest BCUT2D eigenvalue weighted by Gasteiger charge is 2.24. The van der Waals surface area contributed by atoms with Crippen LogP contribution in [0.2, 0.25) is 0 Å². The molecule has 1 fully saturated rings. The molecule has 1 saturated carbocycles. The van der Waals surface area contributed by atoms with E-state index in [0.717, 1.165) is 12.8 Å². The highest BCUT2D eigenvalue weighted by atomic mass is 35.5. The molecule has 2 rings (SSSR count). The predicted octanol–water partition coefficient (Wildman–Crippen LogP) is 2.80. The number of rotatable bonds is 5. The van der Waals surface area contributed by atoms with Crippen molar-refractivity contribution < 1.29 is 9.59 Å². The number of nitrogens with one attached hydrogen (secondary N) is 1. The summed E-state index contributed by atoms with van der Waals surface area (Å²) >= 11 is 0. The maximum Gasteiger partial charge on any atom is 0.255 e. The first-order chi connectivity index (χ1) is 10.6. The Balaban J connectivity index is 0.00000264. The molecule has 6 heteroatoms. The van der Waals surface area contributed by atoms with E-state index in [4.69, 9.17) is 5.73 Å². The lowest BCUT2D eigenvalue weighted by Crippen LogP contribution is -2.38. The second kappa shape index (κ2) is 9.53. The van der Waals surface area contributed by atoms with Gasteiger partial charge in [0, 0.05) is 26.1 Å². The first-order valence-corrected chi connectivity index (χ1v) is 7.99. The Morgan fingerprint density at radius 1 is 1.22 bits per heavy atom. The number of carbonyl (C=O) groups excluding carboxylic acids is 2. The summed E-state index contributed by atoms with van der Waals surface area (Å²) < 4.78 is 0. The largest absolute Gasteiger partial charge is 0.339 e. The summed E-state index contributed by atoms with van der Waals surface area (Å²) in [7, 11) is 1.86. The zero-order valence-corrected chi connectivity index (χ0v) is 14.4. The van der Waals surface area contributed by atoms with Crippen LogP contribution in [0.5, 0.6) is 0 Å². The van der Waals surface area contributed by atoms with Crippen LogP contribution < -0.4 is 11.1 Å². The molecule has 0 atom stereocenters. The lowest BCUT2D eigenvalue weighted by atomic mass is 9.94. The maximum absolute atomic E-state index is 12.8. The van der Waals surface area contributed by atoms with Crippen LogP contribution in [0, 0.1) is 0 Å². The third-order valence-corrected chi connectivity index (χ3v) is 4.25. The fourth-order valence-electron chi connectivity index (χ4n) is 2.95. The third-order valence-electron chi connectivity index (χ3n) is 4.25. The molecule has 3 N–H and O–H groups in total. The number of nitrogens with zero attached hydrogens (tertiary/aromatic N) is 1. The van der Waals surface area contributed by atoms with Crippen LogP contribution in [-0.2, 0) is 4.79 Å². The van der Waals surface area contributed by atoms with Crippen molar-refractivity contribution in [1.82, 2.24) is 4.90 Å². The molecule has 5 nitrogen and oxygen atoms in total. The lowest BCUT2D eigenvalue weighted by Gasteiger charge is -2.31. The first kappa shape index (κ1) is 19.5. The molecule has 0 spiro atoms. The van der Waals surface area contributed by atoms with Crippen molar-refractivity contribution in [3.8, 4) is 0 Å². The Hall–Kier alpha value is -1.59. The highest BCUT2D eigenvalue weighted by molar-refractivity contribution is 6.03. The number of nitrogens with two attached hydrogens (primary N) is 1. The zero-order chi connectivity index (χ0) is 15.9. The minimum absolute atomic E-state index is 0. The molecule has 1 aromatic carbocycles. The van der Waals surface area contributed by atoms with E-state index in [1.54, 1.807) is 12.1 Å². The van der Waals surface area contributed by atoms with E-state index in [0.29, 0.717) is 23.8 Å². The van der Waals surface area contributed by atoms with Gasteiger partial charge < -0.3 is 16.0 Å². The highest BCUT2D eigenvalue weighted by Crippen LogP contribution is 2.25. The van der Waals surface area contributed by atoms with Gasteiger partial charge in [0.15, 0.2) is 0 Å². The molecular weight excluding hydrogens is 314 g/mol. The first-order valence-electron chi connectivity index (χ1n) is 7.99. The zero-order valence-electron chi connectivity index (χ0n) is 13.6. The van der Waals surface area contributed by atoms with Crippen molar-refractivity contribution >= 4 is 29.9 Å². The van der Waals surface area contributed by atoms with E-state index in [2.05, 4.69) is 5.32 Å². The molecule has 1 aliphatic rings. The standard InChI is InChI=1S/C17H25N3O2.ClH/c1-20(13-7-3-2-4-8-13)17(22)14-9-5-6-10-15(14)19-16(21)11-12-18;/h5-6,9-10,13H,2-4,7-8,11-12,18H2,1H3,(H,19,21);1H. The molecule has 0 radical (unpaired) electrons. The van der Waals surface area contributed by atoms with Crippen LogP contribution in [-0.4, -0.2) is 36.3 Å².